The van der Waals surface area contributed by atoms with Crippen LogP contribution in [0.3, 0.4) is 0 Å². The molecule has 2 atom stereocenters. The Hall–Kier alpha value is -1.12. The van der Waals surface area contributed by atoms with Crippen LogP contribution in [-0.2, 0) is 0 Å². The average molecular weight is 367 g/mol. The molecule has 4 rings (SSSR count). The minimum absolute atomic E-state index is 0.684. The Balaban J connectivity index is 1.22. The lowest BCUT2D eigenvalue weighted by Crippen LogP contribution is -2.54. The van der Waals surface area contributed by atoms with Gasteiger partial charge < -0.3 is 10.2 Å². The fraction of sp³-hybridized carbons (Fsp3) is 0.680. The quantitative estimate of drug-likeness (QED) is 0.699. The van der Waals surface area contributed by atoms with Gasteiger partial charge in [0.15, 0.2) is 0 Å². The van der Waals surface area contributed by atoms with E-state index in [1.165, 1.54) is 63.7 Å². The van der Waals surface area contributed by atoms with Gasteiger partial charge in [-0.05, 0) is 74.4 Å². The molecule has 148 valence electrons. The highest BCUT2D eigenvalue weighted by atomic mass is 15.1. The summed E-state index contributed by atoms with van der Waals surface area (Å²) in [6, 6.07) is 12.4. The van der Waals surface area contributed by atoms with Gasteiger partial charge in [-0.3, -0.25) is 0 Å². The highest BCUT2D eigenvalue weighted by molar-refractivity contribution is 5.54. The Morgan fingerprint density at radius 1 is 1.19 bits per heavy atom. The van der Waals surface area contributed by atoms with Crippen molar-refractivity contribution >= 4 is 6.08 Å². The molecule has 1 aromatic rings. The molecule has 0 aromatic heterocycles. The fourth-order valence-corrected chi connectivity index (χ4v) is 5.56. The smallest absolute Gasteiger partial charge is 0.0142 e. The molecule has 1 N–H and O–H groups in total. The molecule has 2 heteroatoms. The number of benzene rings is 1. The fourth-order valence-electron chi connectivity index (χ4n) is 5.56. The van der Waals surface area contributed by atoms with Gasteiger partial charge in [-0.25, -0.2) is 0 Å². The largest absolute Gasteiger partial charge is 0.311 e. The molecule has 27 heavy (non-hydrogen) atoms. The zero-order valence-electron chi connectivity index (χ0n) is 17.6. The van der Waals surface area contributed by atoms with Crippen molar-refractivity contribution < 1.29 is 0 Å². The maximum absolute atomic E-state index is 4.00. The van der Waals surface area contributed by atoms with Crippen LogP contribution in [0.5, 0.6) is 0 Å². The Morgan fingerprint density at radius 3 is 2.52 bits per heavy atom. The molecule has 2 aliphatic carbocycles. The first kappa shape index (κ1) is 19.2. The highest BCUT2D eigenvalue weighted by Gasteiger charge is 2.49. The molecule has 0 bridgehead atoms. The van der Waals surface area contributed by atoms with E-state index < -0.39 is 0 Å². The van der Waals surface area contributed by atoms with Crippen LogP contribution in [-0.4, -0.2) is 36.6 Å². The second kappa shape index (κ2) is 8.09. The number of likely N-dealkylation sites (tertiary alicyclic amines) is 1. The molecular formula is C25H38N2. The molecule has 1 aromatic carbocycles. The van der Waals surface area contributed by atoms with Crippen LogP contribution in [0.1, 0.15) is 64.9 Å². The molecule has 2 nitrogen and oxygen atoms in total. The van der Waals surface area contributed by atoms with Crippen molar-refractivity contribution in [3.63, 3.8) is 0 Å². The molecular weight excluding hydrogens is 328 g/mol. The number of nitrogens with zero attached hydrogens (tertiary/aromatic N) is 1. The highest BCUT2D eigenvalue weighted by Crippen LogP contribution is 2.51. The summed E-state index contributed by atoms with van der Waals surface area (Å²) in [5, 5.41) is 4.00. The number of rotatable bonds is 7. The van der Waals surface area contributed by atoms with Gasteiger partial charge in [-0.15, -0.1) is 0 Å². The first-order chi connectivity index (χ1) is 13.1. The lowest BCUT2D eigenvalue weighted by atomic mass is 9.60. The minimum atomic E-state index is 0.684. The van der Waals surface area contributed by atoms with Crippen molar-refractivity contribution in [2.75, 3.05) is 19.6 Å². The predicted molar refractivity (Wildman–Crippen MR) is 116 cm³/mol. The van der Waals surface area contributed by atoms with E-state index in [1.807, 2.05) is 0 Å². The SMILES string of the molecule is CC/C(=C\c1ccccc1)[C@@H]1C[C@H]1NC1CC2(CCN(CC(C)C)CC2)C1. The molecule has 0 amide bonds. The van der Waals surface area contributed by atoms with Crippen molar-refractivity contribution in [1.82, 2.24) is 10.2 Å². The molecule has 1 heterocycles. The number of hydrogen-bond donors (Lipinski definition) is 1. The van der Waals surface area contributed by atoms with Crippen LogP contribution in [0.15, 0.2) is 35.9 Å². The number of piperidine rings is 1. The summed E-state index contributed by atoms with van der Waals surface area (Å²) in [5.41, 5.74) is 3.67. The second-order valence-corrected chi connectivity index (χ2v) is 9.90. The van der Waals surface area contributed by atoms with Crippen molar-refractivity contribution in [1.29, 1.82) is 0 Å². The topological polar surface area (TPSA) is 15.3 Å². The molecule has 2 saturated carbocycles. The summed E-state index contributed by atoms with van der Waals surface area (Å²) in [6.07, 6.45) is 10.7. The maximum atomic E-state index is 4.00. The molecule has 1 saturated heterocycles. The summed E-state index contributed by atoms with van der Waals surface area (Å²) in [4.78, 5) is 2.69. The van der Waals surface area contributed by atoms with E-state index in [0.29, 0.717) is 5.41 Å². The summed E-state index contributed by atoms with van der Waals surface area (Å²) in [7, 11) is 0. The minimum Gasteiger partial charge on any atom is -0.311 e. The lowest BCUT2D eigenvalue weighted by Gasteiger charge is -2.53. The van der Waals surface area contributed by atoms with E-state index in [-0.39, 0.29) is 0 Å². The summed E-state index contributed by atoms with van der Waals surface area (Å²) in [6.45, 7) is 10.9. The summed E-state index contributed by atoms with van der Waals surface area (Å²) in [5.74, 6) is 1.58. The predicted octanol–water partition coefficient (Wildman–Crippen LogP) is 5.36. The molecule has 0 unspecified atom stereocenters. The van der Waals surface area contributed by atoms with Crippen molar-refractivity contribution in [3.05, 3.63) is 41.5 Å². The van der Waals surface area contributed by atoms with Crippen LogP contribution in [0.4, 0.5) is 0 Å². The Kier molecular flexibility index (Phi) is 5.75. The Bertz CT molecular complexity index is 632. The third-order valence-electron chi connectivity index (χ3n) is 7.18. The van der Waals surface area contributed by atoms with Gasteiger partial charge >= 0.3 is 0 Å². The zero-order valence-corrected chi connectivity index (χ0v) is 17.6. The first-order valence-electron chi connectivity index (χ1n) is 11.3. The van der Waals surface area contributed by atoms with Gasteiger partial charge in [0.1, 0.15) is 0 Å². The Morgan fingerprint density at radius 2 is 1.89 bits per heavy atom. The van der Waals surface area contributed by atoms with Gasteiger partial charge in [0.05, 0.1) is 0 Å². The molecule has 1 spiro atoms. The standard InChI is InChI=1S/C25H38N2/c1-4-21(14-20-8-6-5-7-9-20)23-15-24(23)26-22-16-25(17-22)10-12-27(13-11-25)18-19(2)3/h5-9,14,19,22-24,26H,4,10-13,15-18H2,1-3H3/b21-14+/t23-,24+/m0/s1. The first-order valence-corrected chi connectivity index (χ1v) is 11.3. The van der Waals surface area contributed by atoms with Gasteiger partial charge in [0.25, 0.3) is 0 Å². The molecule has 0 radical (unpaired) electrons. The van der Waals surface area contributed by atoms with Crippen LogP contribution in [0.2, 0.25) is 0 Å². The van der Waals surface area contributed by atoms with E-state index in [1.54, 1.807) is 5.57 Å². The van der Waals surface area contributed by atoms with Crippen LogP contribution < -0.4 is 5.32 Å². The lowest BCUT2D eigenvalue weighted by molar-refractivity contribution is 0.00242. The van der Waals surface area contributed by atoms with Crippen LogP contribution in [0.25, 0.3) is 6.08 Å². The Labute approximate surface area is 166 Å². The molecule has 3 aliphatic rings. The van der Waals surface area contributed by atoms with Crippen molar-refractivity contribution in [2.45, 2.75) is 71.4 Å². The third-order valence-corrected chi connectivity index (χ3v) is 7.18. The van der Waals surface area contributed by atoms with Gasteiger partial charge in [0.2, 0.25) is 0 Å². The average Bonchev–Trinajstić information content (AvgIpc) is 3.39. The van der Waals surface area contributed by atoms with Crippen molar-refractivity contribution in [3.8, 4) is 0 Å². The monoisotopic (exact) mass is 366 g/mol. The number of hydrogen-bond acceptors (Lipinski definition) is 2. The second-order valence-electron chi connectivity index (χ2n) is 9.90. The third kappa shape index (κ3) is 4.66. The van der Waals surface area contributed by atoms with Crippen molar-refractivity contribution in [2.24, 2.45) is 17.3 Å². The maximum Gasteiger partial charge on any atom is 0.0142 e. The summed E-state index contributed by atoms with van der Waals surface area (Å²) < 4.78 is 0. The van der Waals surface area contributed by atoms with Crippen LogP contribution in [0, 0.1) is 17.3 Å². The van der Waals surface area contributed by atoms with Crippen LogP contribution >= 0.6 is 0 Å². The van der Waals surface area contributed by atoms with E-state index in [9.17, 15) is 0 Å². The molecule has 1 aliphatic heterocycles. The van der Waals surface area contributed by atoms with E-state index in [2.05, 4.69) is 67.4 Å². The van der Waals surface area contributed by atoms with Gasteiger partial charge in [-0.2, -0.15) is 0 Å². The normalized spacial score (nSPS) is 28.5. The van der Waals surface area contributed by atoms with E-state index in [4.69, 9.17) is 0 Å². The zero-order chi connectivity index (χ0) is 18.9. The van der Waals surface area contributed by atoms with Gasteiger partial charge in [-0.1, -0.05) is 62.8 Å². The number of nitrogens with one attached hydrogen (secondary N) is 1. The summed E-state index contributed by atoms with van der Waals surface area (Å²) >= 11 is 0. The van der Waals surface area contributed by atoms with Gasteiger partial charge in [0, 0.05) is 18.6 Å². The van der Waals surface area contributed by atoms with E-state index >= 15 is 0 Å². The van der Waals surface area contributed by atoms with E-state index in [0.717, 1.165) is 23.9 Å². The molecule has 3 fully saturated rings.